The van der Waals surface area contributed by atoms with Crippen LogP contribution in [0.5, 0.6) is 0 Å². The van der Waals surface area contributed by atoms with E-state index in [2.05, 4.69) is 32.6 Å². The van der Waals surface area contributed by atoms with Crippen LogP contribution in [0.25, 0.3) is 0 Å². The van der Waals surface area contributed by atoms with Gasteiger partial charge < -0.3 is 5.11 Å². The third kappa shape index (κ3) is 4.48. The molecule has 0 heterocycles. The summed E-state index contributed by atoms with van der Waals surface area (Å²) in [6, 6.07) is 0.246. The van der Waals surface area contributed by atoms with E-state index in [1.54, 1.807) is 0 Å². The van der Waals surface area contributed by atoms with Gasteiger partial charge in [0, 0.05) is 12.6 Å². The Labute approximate surface area is 118 Å². The first-order valence-corrected chi connectivity index (χ1v) is 8.00. The van der Waals surface area contributed by atoms with Crippen LogP contribution in [0.15, 0.2) is 0 Å². The molecule has 0 saturated heterocycles. The molecule has 0 amide bonds. The molecule has 0 aromatic rings. The van der Waals surface area contributed by atoms with E-state index >= 15 is 0 Å². The highest BCUT2D eigenvalue weighted by molar-refractivity contribution is 5.71. The molecule has 3 heteroatoms. The van der Waals surface area contributed by atoms with Crippen LogP contribution in [0.3, 0.4) is 0 Å². The Balaban J connectivity index is 2.77. The monoisotopic (exact) mass is 269 g/mol. The van der Waals surface area contributed by atoms with Crippen molar-refractivity contribution >= 4 is 5.97 Å². The Morgan fingerprint density at radius 1 is 1.32 bits per heavy atom. The molecule has 1 N–H and O–H groups in total. The highest BCUT2D eigenvalue weighted by Gasteiger charge is 2.37. The van der Waals surface area contributed by atoms with Crippen molar-refractivity contribution in [2.24, 2.45) is 17.8 Å². The summed E-state index contributed by atoms with van der Waals surface area (Å²) < 4.78 is 0. The normalized spacial score (nSPS) is 29.4. The van der Waals surface area contributed by atoms with Gasteiger partial charge in [-0.2, -0.15) is 0 Å². The molecule has 1 fully saturated rings. The first-order chi connectivity index (χ1) is 9.03. The summed E-state index contributed by atoms with van der Waals surface area (Å²) >= 11 is 0. The zero-order valence-electron chi connectivity index (χ0n) is 13.1. The van der Waals surface area contributed by atoms with Gasteiger partial charge in [0.2, 0.25) is 0 Å². The van der Waals surface area contributed by atoms with Gasteiger partial charge in [0.25, 0.3) is 0 Å². The van der Waals surface area contributed by atoms with Crippen molar-refractivity contribution in [3.05, 3.63) is 0 Å². The molecule has 4 unspecified atom stereocenters. The van der Waals surface area contributed by atoms with Gasteiger partial charge in [-0.3, -0.25) is 9.69 Å². The zero-order chi connectivity index (χ0) is 14.4. The van der Waals surface area contributed by atoms with Gasteiger partial charge in [0.1, 0.15) is 0 Å². The number of carbonyl (C=O) groups is 1. The van der Waals surface area contributed by atoms with Crippen molar-refractivity contribution in [3.63, 3.8) is 0 Å². The highest BCUT2D eigenvalue weighted by atomic mass is 16.4. The Morgan fingerprint density at radius 3 is 2.47 bits per heavy atom. The van der Waals surface area contributed by atoms with Crippen molar-refractivity contribution in [2.75, 3.05) is 13.1 Å². The van der Waals surface area contributed by atoms with Gasteiger partial charge in [-0.15, -0.1) is 0 Å². The molecule has 0 aromatic carbocycles. The molecule has 112 valence electrons. The van der Waals surface area contributed by atoms with E-state index in [0.29, 0.717) is 11.8 Å². The summed E-state index contributed by atoms with van der Waals surface area (Å²) in [6.45, 7) is 10.9. The number of nitrogens with zero attached hydrogens (tertiary/aromatic N) is 1. The predicted molar refractivity (Wildman–Crippen MR) is 79.2 cm³/mol. The van der Waals surface area contributed by atoms with E-state index in [1.165, 1.54) is 6.42 Å². The van der Waals surface area contributed by atoms with Crippen molar-refractivity contribution in [1.29, 1.82) is 0 Å². The standard InChI is InChI=1S/C16H31NO2/c1-5-12(4)11-17(7-3)15-10-13(6-2)8-9-14(15)16(18)19/h12-15H,5-11H2,1-4H3,(H,18,19). The second-order valence-corrected chi connectivity index (χ2v) is 6.20. The van der Waals surface area contributed by atoms with Crippen LogP contribution < -0.4 is 0 Å². The third-order valence-electron chi connectivity index (χ3n) is 4.94. The van der Waals surface area contributed by atoms with E-state index in [0.717, 1.165) is 38.8 Å². The van der Waals surface area contributed by atoms with E-state index < -0.39 is 5.97 Å². The highest BCUT2D eigenvalue weighted by Crippen LogP contribution is 2.34. The number of carboxylic acids is 1. The summed E-state index contributed by atoms with van der Waals surface area (Å²) in [5.41, 5.74) is 0. The molecule has 0 radical (unpaired) electrons. The quantitative estimate of drug-likeness (QED) is 0.767. The minimum atomic E-state index is -0.595. The molecular formula is C16H31NO2. The Morgan fingerprint density at radius 2 is 2.00 bits per heavy atom. The van der Waals surface area contributed by atoms with Crippen LogP contribution in [-0.2, 0) is 4.79 Å². The largest absolute Gasteiger partial charge is 0.481 e. The second kappa shape index (κ2) is 7.88. The summed E-state index contributed by atoms with van der Waals surface area (Å²) in [6.07, 6.45) is 5.36. The van der Waals surface area contributed by atoms with E-state index in [9.17, 15) is 9.90 Å². The smallest absolute Gasteiger partial charge is 0.308 e. The number of hydrogen-bond donors (Lipinski definition) is 1. The molecule has 1 saturated carbocycles. The van der Waals surface area contributed by atoms with Gasteiger partial charge in [-0.1, -0.05) is 40.5 Å². The van der Waals surface area contributed by atoms with Crippen LogP contribution >= 0.6 is 0 Å². The molecule has 0 aliphatic heterocycles. The van der Waals surface area contributed by atoms with E-state index in [4.69, 9.17) is 0 Å². The second-order valence-electron chi connectivity index (χ2n) is 6.20. The summed E-state index contributed by atoms with van der Waals surface area (Å²) in [7, 11) is 0. The van der Waals surface area contributed by atoms with Crippen molar-refractivity contribution in [3.8, 4) is 0 Å². The van der Waals surface area contributed by atoms with Crippen molar-refractivity contribution in [1.82, 2.24) is 4.90 Å². The Hall–Kier alpha value is -0.570. The number of carboxylic acid groups (broad SMARTS) is 1. The van der Waals surface area contributed by atoms with Crippen LogP contribution in [0.4, 0.5) is 0 Å². The third-order valence-corrected chi connectivity index (χ3v) is 4.94. The molecule has 19 heavy (non-hydrogen) atoms. The fourth-order valence-corrected chi connectivity index (χ4v) is 3.32. The molecule has 0 aromatic heterocycles. The molecule has 0 bridgehead atoms. The number of aliphatic carboxylic acids is 1. The summed E-state index contributed by atoms with van der Waals surface area (Å²) in [5, 5.41) is 9.48. The van der Waals surface area contributed by atoms with Gasteiger partial charge >= 0.3 is 5.97 Å². The minimum Gasteiger partial charge on any atom is -0.481 e. The van der Waals surface area contributed by atoms with Crippen LogP contribution in [-0.4, -0.2) is 35.1 Å². The summed E-state index contributed by atoms with van der Waals surface area (Å²) in [4.78, 5) is 13.9. The first-order valence-electron chi connectivity index (χ1n) is 8.00. The van der Waals surface area contributed by atoms with Crippen LogP contribution in [0, 0.1) is 17.8 Å². The van der Waals surface area contributed by atoms with Gasteiger partial charge in [0.15, 0.2) is 0 Å². The van der Waals surface area contributed by atoms with Gasteiger partial charge in [-0.25, -0.2) is 0 Å². The fourth-order valence-electron chi connectivity index (χ4n) is 3.32. The lowest BCUT2D eigenvalue weighted by atomic mass is 9.76. The number of rotatable bonds is 7. The van der Waals surface area contributed by atoms with Crippen LogP contribution in [0.2, 0.25) is 0 Å². The Bertz CT molecular complexity index is 280. The molecule has 1 aliphatic carbocycles. The fraction of sp³-hybridized carbons (Fsp3) is 0.938. The lowest BCUT2D eigenvalue weighted by molar-refractivity contribution is -0.146. The lowest BCUT2D eigenvalue weighted by Gasteiger charge is -2.41. The summed E-state index contributed by atoms with van der Waals surface area (Å²) in [5.74, 6) is 0.608. The lowest BCUT2D eigenvalue weighted by Crippen LogP contribution is -2.48. The molecule has 4 atom stereocenters. The maximum atomic E-state index is 11.5. The molecule has 3 nitrogen and oxygen atoms in total. The van der Waals surface area contributed by atoms with Crippen LogP contribution in [0.1, 0.15) is 59.8 Å². The first kappa shape index (κ1) is 16.5. The maximum absolute atomic E-state index is 11.5. The van der Waals surface area contributed by atoms with Crippen molar-refractivity contribution in [2.45, 2.75) is 65.8 Å². The minimum absolute atomic E-state index is 0.160. The van der Waals surface area contributed by atoms with E-state index in [1.807, 2.05) is 0 Å². The zero-order valence-corrected chi connectivity index (χ0v) is 13.1. The maximum Gasteiger partial charge on any atom is 0.308 e. The van der Waals surface area contributed by atoms with Gasteiger partial charge in [-0.05, 0) is 37.6 Å². The molecule has 1 aliphatic rings. The van der Waals surface area contributed by atoms with Crippen molar-refractivity contribution < 1.29 is 9.90 Å². The molecule has 1 rings (SSSR count). The topological polar surface area (TPSA) is 40.5 Å². The van der Waals surface area contributed by atoms with E-state index in [-0.39, 0.29) is 12.0 Å². The number of hydrogen-bond acceptors (Lipinski definition) is 2. The van der Waals surface area contributed by atoms with Gasteiger partial charge in [0.05, 0.1) is 5.92 Å². The predicted octanol–water partition coefficient (Wildman–Crippen LogP) is 3.63. The Kier molecular flexibility index (Phi) is 6.84. The SMILES string of the molecule is CCC(C)CN(CC)C1CC(CC)CCC1C(=O)O. The molecule has 0 spiro atoms. The molecular weight excluding hydrogens is 238 g/mol. The average Bonchev–Trinajstić information content (AvgIpc) is 2.43. The average molecular weight is 269 g/mol.